The predicted octanol–water partition coefficient (Wildman–Crippen LogP) is 4.39. The van der Waals surface area contributed by atoms with Crippen LogP contribution in [-0.4, -0.2) is 24.6 Å². The van der Waals surface area contributed by atoms with Crippen LogP contribution in [0.1, 0.15) is 5.56 Å². The normalized spacial score (nSPS) is 10.6. The Labute approximate surface area is 151 Å². The number of methoxy groups -OCH3 is 1. The van der Waals surface area contributed by atoms with Gasteiger partial charge in [-0.05, 0) is 48.9 Å². The Morgan fingerprint density at radius 2 is 2.04 bits per heavy atom. The molecule has 5 nitrogen and oxygen atoms in total. The molecule has 124 valence electrons. The first-order valence-corrected chi connectivity index (χ1v) is 8.79. The topological polar surface area (TPSA) is 60.5 Å². The Morgan fingerprint density at radius 1 is 1.25 bits per heavy atom. The number of thiazole rings is 1. The van der Waals surface area contributed by atoms with Crippen LogP contribution in [0.15, 0.2) is 40.9 Å². The van der Waals surface area contributed by atoms with Gasteiger partial charge in [-0.1, -0.05) is 27.3 Å². The van der Waals surface area contributed by atoms with Crippen molar-refractivity contribution in [2.24, 2.45) is 0 Å². The van der Waals surface area contributed by atoms with E-state index in [-0.39, 0.29) is 12.5 Å². The summed E-state index contributed by atoms with van der Waals surface area (Å²) in [7, 11) is 1.62. The summed E-state index contributed by atoms with van der Waals surface area (Å²) in [6.07, 6.45) is 0. The summed E-state index contributed by atoms with van der Waals surface area (Å²) in [5, 5.41) is 3.30. The van der Waals surface area contributed by atoms with Crippen molar-refractivity contribution < 1.29 is 14.3 Å². The first-order chi connectivity index (χ1) is 11.5. The summed E-state index contributed by atoms with van der Waals surface area (Å²) in [5.41, 5.74) is 1.87. The van der Waals surface area contributed by atoms with Crippen molar-refractivity contribution >= 4 is 48.5 Å². The van der Waals surface area contributed by atoms with Gasteiger partial charge < -0.3 is 9.47 Å². The first kappa shape index (κ1) is 16.7. The number of amides is 1. The molecule has 3 rings (SSSR count). The van der Waals surface area contributed by atoms with Crippen LogP contribution in [0, 0.1) is 6.92 Å². The molecule has 0 spiro atoms. The van der Waals surface area contributed by atoms with E-state index < -0.39 is 0 Å². The van der Waals surface area contributed by atoms with Gasteiger partial charge in [-0.3, -0.25) is 10.1 Å². The second-order valence-electron chi connectivity index (χ2n) is 5.10. The van der Waals surface area contributed by atoms with Gasteiger partial charge in [-0.2, -0.15) is 0 Å². The maximum atomic E-state index is 12.0. The second kappa shape index (κ2) is 7.19. The third-order valence-corrected chi connectivity index (χ3v) is 5.16. The molecular formula is C17H15BrN2O3S. The van der Waals surface area contributed by atoms with Crippen molar-refractivity contribution in [2.75, 3.05) is 19.0 Å². The second-order valence-corrected chi connectivity index (χ2v) is 6.99. The number of hydrogen-bond donors (Lipinski definition) is 1. The number of carbonyl (C=O) groups is 1. The minimum atomic E-state index is -0.249. The molecule has 24 heavy (non-hydrogen) atoms. The van der Waals surface area contributed by atoms with E-state index in [1.807, 2.05) is 43.3 Å². The van der Waals surface area contributed by atoms with Crippen LogP contribution in [0.25, 0.3) is 10.2 Å². The van der Waals surface area contributed by atoms with E-state index >= 15 is 0 Å². The molecule has 0 aliphatic heterocycles. The molecule has 0 bridgehead atoms. The molecule has 2 aromatic carbocycles. The molecule has 0 aliphatic rings. The van der Waals surface area contributed by atoms with Crippen LogP contribution in [0.5, 0.6) is 11.5 Å². The van der Waals surface area contributed by atoms with E-state index in [1.165, 1.54) is 11.3 Å². The summed E-state index contributed by atoms with van der Waals surface area (Å²) in [4.78, 5) is 16.4. The van der Waals surface area contributed by atoms with E-state index in [1.54, 1.807) is 7.11 Å². The van der Waals surface area contributed by atoms with Crippen LogP contribution in [0.3, 0.4) is 0 Å². The number of anilines is 1. The van der Waals surface area contributed by atoms with E-state index in [4.69, 9.17) is 9.47 Å². The lowest BCUT2D eigenvalue weighted by molar-refractivity contribution is -0.118. The molecule has 1 aromatic heterocycles. The Balaban J connectivity index is 1.63. The fourth-order valence-corrected chi connectivity index (χ4v) is 3.25. The number of aromatic nitrogens is 1. The van der Waals surface area contributed by atoms with E-state index in [0.717, 1.165) is 26.0 Å². The zero-order chi connectivity index (χ0) is 17.1. The molecule has 0 saturated heterocycles. The molecule has 7 heteroatoms. The fourth-order valence-electron chi connectivity index (χ4n) is 2.10. The number of hydrogen-bond acceptors (Lipinski definition) is 5. The quantitative estimate of drug-likeness (QED) is 0.682. The smallest absolute Gasteiger partial charge is 0.264 e. The van der Waals surface area contributed by atoms with Gasteiger partial charge in [-0.25, -0.2) is 4.98 Å². The molecule has 1 amide bonds. The Bertz CT molecular complexity index is 895. The van der Waals surface area contributed by atoms with Gasteiger partial charge in [0.1, 0.15) is 11.5 Å². The van der Waals surface area contributed by atoms with Gasteiger partial charge in [0.05, 0.1) is 17.3 Å². The average molecular weight is 407 g/mol. The molecule has 0 unspecified atom stereocenters. The molecular weight excluding hydrogens is 392 g/mol. The van der Waals surface area contributed by atoms with Gasteiger partial charge >= 0.3 is 0 Å². The van der Waals surface area contributed by atoms with Crippen molar-refractivity contribution in [3.63, 3.8) is 0 Å². The maximum absolute atomic E-state index is 12.0. The molecule has 0 radical (unpaired) electrons. The highest BCUT2D eigenvalue weighted by Crippen LogP contribution is 2.29. The number of nitrogens with one attached hydrogen (secondary N) is 1. The van der Waals surface area contributed by atoms with E-state index in [9.17, 15) is 4.79 Å². The van der Waals surface area contributed by atoms with Crippen molar-refractivity contribution in [3.05, 3.63) is 46.4 Å². The number of benzene rings is 2. The standard InChI is InChI=1S/C17H15BrN2O3S/c1-10-7-12(3-5-13(10)18)23-9-16(21)20-17-19-14-6-4-11(22-2)8-15(14)24-17/h3-8H,9H2,1-2H3,(H,19,20,21). The van der Waals surface area contributed by atoms with Crippen LogP contribution < -0.4 is 14.8 Å². The van der Waals surface area contributed by atoms with Gasteiger partial charge in [0.15, 0.2) is 11.7 Å². The van der Waals surface area contributed by atoms with Crippen LogP contribution >= 0.6 is 27.3 Å². The Morgan fingerprint density at radius 3 is 2.79 bits per heavy atom. The minimum Gasteiger partial charge on any atom is -0.497 e. The number of fused-ring (bicyclic) bond motifs is 1. The third kappa shape index (κ3) is 3.85. The van der Waals surface area contributed by atoms with Gasteiger partial charge in [0.2, 0.25) is 0 Å². The monoisotopic (exact) mass is 406 g/mol. The highest BCUT2D eigenvalue weighted by molar-refractivity contribution is 9.10. The average Bonchev–Trinajstić information content (AvgIpc) is 2.97. The zero-order valence-corrected chi connectivity index (χ0v) is 15.5. The van der Waals surface area contributed by atoms with Crippen LogP contribution in [0.4, 0.5) is 5.13 Å². The largest absolute Gasteiger partial charge is 0.497 e. The fraction of sp³-hybridized carbons (Fsp3) is 0.176. The number of carbonyl (C=O) groups excluding carboxylic acids is 1. The molecule has 3 aromatic rings. The summed E-state index contributed by atoms with van der Waals surface area (Å²) >= 11 is 4.83. The molecule has 0 aliphatic carbocycles. The first-order valence-electron chi connectivity index (χ1n) is 7.18. The predicted molar refractivity (Wildman–Crippen MR) is 99.2 cm³/mol. The van der Waals surface area contributed by atoms with Gasteiger partial charge in [0.25, 0.3) is 5.91 Å². The highest BCUT2D eigenvalue weighted by Gasteiger charge is 2.09. The van der Waals surface area contributed by atoms with E-state index in [2.05, 4.69) is 26.2 Å². The van der Waals surface area contributed by atoms with Crippen LogP contribution in [0.2, 0.25) is 0 Å². The number of aryl methyl sites for hydroxylation is 1. The SMILES string of the molecule is COc1ccc2nc(NC(=O)COc3ccc(Br)c(C)c3)sc2c1. The Hall–Kier alpha value is -2.12. The summed E-state index contributed by atoms with van der Waals surface area (Å²) in [5.74, 6) is 1.17. The number of ether oxygens (including phenoxy) is 2. The van der Waals surface area contributed by atoms with Crippen LogP contribution in [-0.2, 0) is 4.79 Å². The molecule has 1 heterocycles. The number of rotatable bonds is 5. The summed E-state index contributed by atoms with van der Waals surface area (Å²) in [6, 6.07) is 11.2. The van der Waals surface area contributed by atoms with Crippen molar-refractivity contribution in [1.82, 2.24) is 4.98 Å². The van der Waals surface area contributed by atoms with Gasteiger partial charge in [0, 0.05) is 4.47 Å². The minimum absolute atomic E-state index is 0.0691. The lowest BCUT2D eigenvalue weighted by Crippen LogP contribution is -2.20. The van der Waals surface area contributed by atoms with Crippen molar-refractivity contribution in [3.8, 4) is 11.5 Å². The molecule has 0 saturated carbocycles. The number of halogens is 1. The lowest BCUT2D eigenvalue weighted by Gasteiger charge is -2.07. The Kier molecular flexibility index (Phi) is 5.01. The third-order valence-electron chi connectivity index (χ3n) is 3.34. The highest BCUT2D eigenvalue weighted by atomic mass is 79.9. The molecule has 0 fully saturated rings. The van der Waals surface area contributed by atoms with E-state index in [0.29, 0.717) is 10.9 Å². The summed E-state index contributed by atoms with van der Waals surface area (Å²) < 4.78 is 12.7. The van der Waals surface area contributed by atoms with Crippen molar-refractivity contribution in [2.45, 2.75) is 6.92 Å². The zero-order valence-electron chi connectivity index (χ0n) is 13.1. The maximum Gasteiger partial charge on any atom is 0.264 e. The molecule has 0 atom stereocenters. The lowest BCUT2D eigenvalue weighted by atomic mass is 10.2. The molecule has 1 N–H and O–H groups in total. The summed E-state index contributed by atoms with van der Waals surface area (Å²) in [6.45, 7) is 1.90. The van der Waals surface area contributed by atoms with Crippen molar-refractivity contribution in [1.29, 1.82) is 0 Å². The van der Waals surface area contributed by atoms with Gasteiger partial charge in [-0.15, -0.1) is 0 Å². The number of nitrogens with zero attached hydrogens (tertiary/aromatic N) is 1.